The Balaban J connectivity index is 1.48. The molecule has 0 spiro atoms. The van der Waals surface area contributed by atoms with Crippen molar-refractivity contribution in [3.63, 3.8) is 0 Å². The number of piperidine rings is 1. The molecule has 0 radical (unpaired) electrons. The Morgan fingerprint density at radius 3 is 2.81 bits per heavy atom. The van der Waals surface area contributed by atoms with Crippen molar-refractivity contribution in [3.05, 3.63) is 0 Å². The lowest BCUT2D eigenvalue weighted by molar-refractivity contribution is 0.0121. The van der Waals surface area contributed by atoms with Crippen molar-refractivity contribution in [2.45, 2.75) is 62.8 Å². The fourth-order valence-electron chi connectivity index (χ4n) is 3.64. The summed E-state index contributed by atoms with van der Waals surface area (Å²) >= 11 is 0. The molecular weight excluding hydrogens is 200 g/mol. The minimum atomic E-state index is 0.529. The molecule has 2 unspecified atom stereocenters. The average molecular weight is 224 g/mol. The molecule has 3 nitrogen and oxygen atoms in total. The van der Waals surface area contributed by atoms with Crippen LogP contribution in [-0.2, 0) is 4.74 Å². The van der Waals surface area contributed by atoms with Gasteiger partial charge in [0.05, 0.1) is 6.10 Å². The zero-order valence-electron chi connectivity index (χ0n) is 10.3. The molecule has 92 valence electrons. The Bertz CT molecular complexity index is 240. The monoisotopic (exact) mass is 224 g/mol. The van der Waals surface area contributed by atoms with E-state index in [1.165, 1.54) is 51.6 Å². The highest BCUT2D eigenvalue weighted by Crippen LogP contribution is 2.30. The molecule has 1 saturated carbocycles. The molecule has 16 heavy (non-hydrogen) atoms. The van der Waals surface area contributed by atoms with Crippen molar-refractivity contribution in [2.75, 3.05) is 20.2 Å². The van der Waals surface area contributed by atoms with Gasteiger partial charge in [-0.05, 0) is 38.6 Å². The molecule has 0 aromatic carbocycles. The molecule has 2 aliphatic heterocycles. The number of rotatable bonds is 3. The van der Waals surface area contributed by atoms with E-state index in [1.54, 1.807) is 0 Å². The van der Waals surface area contributed by atoms with E-state index in [4.69, 9.17) is 4.74 Å². The lowest BCUT2D eigenvalue weighted by Crippen LogP contribution is -2.53. The van der Waals surface area contributed by atoms with Gasteiger partial charge in [0.2, 0.25) is 0 Å². The first-order chi connectivity index (χ1) is 7.86. The molecule has 2 atom stereocenters. The van der Waals surface area contributed by atoms with Gasteiger partial charge in [0, 0.05) is 31.8 Å². The normalized spacial score (nSPS) is 44.1. The average Bonchev–Trinajstić information content (AvgIpc) is 2.66. The van der Waals surface area contributed by atoms with Crippen LogP contribution in [0.5, 0.6) is 0 Å². The zero-order valence-corrected chi connectivity index (χ0v) is 10.3. The molecule has 3 fully saturated rings. The maximum atomic E-state index is 5.34. The van der Waals surface area contributed by atoms with Gasteiger partial charge in [0.15, 0.2) is 0 Å². The van der Waals surface area contributed by atoms with Crippen molar-refractivity contribution in [1.82, 2.24) is 10.2 Å². The summed E-state index contributed by atoms with van der Waals surface area (Å²) < 4.78 is 5.34. The van der Waals surface area contributed by atoms with Gasteiger partial charge in [-0.2, -0.15) is 0 Å². The number of hydrogen-bond donors (Lipinski definition) is 1. The maximum absolute atomic E-state index is 5.34. The van der Waals surface area contributed by atoms with Gasteiger partial charge < -0.3 is 10.1 Å². The Morgan fingerprint density at radius 1 is 1.12 bits per heavy atom. The molecule has 0 aromatic heterocycles. The maximum Gasteiger partial charge on any atom is 0.0601 e. The third kappa shape index (κ3) is 2.01. The largest absolute Gasteiger partial charge is 0.381 e. The molecule has 0 amide bonds. The second-order valence-corrected chi connectivity index (χ2v) is 5.69. The van der Waals surface area contributed by atoms with Crippen LogP contribution in [0.15, 0.2) is 0 Å². The van der Waals surface area contributed by atoms with Crippen molar-refractivity contribution < 1.29 is 4.74 Å². The molecule has 1 N–H and O–H groups in total. The summed E-state index contributed by atoms with van der Waals surface area (Å²) in [6.45, 7) is 2.66. The summed E-state index contributed by atoms with van der Waals surface area (Å²) in [7, 11) is 1.83. The zero-order chi connectivity index (χ0) is 11.0. The fourth-order valence-corrected chi connectivity index (χ4v) is 3.64. The predicted molar refractivity (Wildman–Crippen MR) is 64.6 cm³/mol. The smallest absolute Gasteiger partial charge is 0.0601 e. The number of hydrogen-bond acceptors (Lipinski definition) is 3. The van der Waals surface area contributed by atoms with Gasteiger partial charge in [0.25, 0.3) is 0 Å². The lowest BCUT2D eigenvalue weighted by atomic mass is 9.87. The first-order valence-electron chi connectivity index (χ1n) is 6.89. The van der Waals surface area contributed by atoms with Gasteiger partial charge in [-0.1, -0.05) is 6.42 Å². The summed E-state index contributed by atoms with van der Waals surface area (Å²) in [5, 5.41) is 3.86. The van der Waals surface area contributed by atoms with E-state index >= 15 is 0 Å². The summed E-state index contributed by atoms with van der Waals surface area (Å²) in [6, 6.07) is 2.34. The Kier molecular flexibility index (Phi) is 3.18. The van der Waals surface area contributed by atoms with Crippen LogP contribution in [0.1, 0.15) is 38.5 Å². The van der Waals surface area contributed by atoms with Crippen molar-refractivity contribution >= 4 is 0 Å². The van der Waals surface area contributed by atoms with E-state index in [-0.39, 0.29) is 0 Å². The van der Waals surface area contributed by atoms with Crippen molar-refractivity contribution in [1.29, 1.82) is 0 Å². The van der Waals surface area contributed by atoms with Crippen molar-refractivity contribution in [3.8, 4) is 0 Å². The van der Waals surface area contributed by atoms with E-state index in [2.05, 4.69) is 10.2 Å². The second kappa shape index (κ2) is 4.63. The van der Waals surface area contributed by atoms with Crippen LogP contribution in [0.3, 0.4) is 0 Å². The van der Waals surface area contributed by atoms with Gasteiger partial charge in [0.1, 0.15) is 0 Å². The highest BCUT2D eigenvalue weighted by atomic mass is 16.5. The molecule has 1 aliphatic carbocycles. The third-order valence-electron chi connectivity index (χ3n) is 4.73. The van der Waals surface area contributed by atoms with Gasteiger partial charge >= 0.3 is 0 Å². The summed E-state index contributed by atoms with van der Waals surface area (Å²) in [5.74, 6) is 0. The molecule has 3 aliphatic rings. The van der Waals surface area contributed by atoms with E-state index < -0.39 is 0 Å². The standard InChI is InChI=1S/C13H24N2O/c1-16-11-8-10(9-11)14-12-5-7-15-6-3-2-4-13(12)15/h10-14H,2-9H2,1H3. The van der Waals surface area contributed by atoms with Crippen LogP contribution >= 0.6 is 0 Å². The van der Waals surface area contributed by atoms with Crippen LogP contribution in [-0.4, -0.2) is 49.3 Å². The van der Waals surface area contributed by atoms with Gasteiger partial charge in [-0.25, -0.2) is 0 Å². The van der Waals surface area contributed by atoms with Crippen LogP contribution in [0.2, 0.25) is 0 Å². The van der Waals surface area contributed by atoms with E-state index in [0.29, 0.717) is 6.10 Å². The Hall–Kier alpha value is -0.120. The quantitative estimate of drug-likeness (QED) is 0.784. The van der Waals surface area contributed by atoms with E-state index in [1.807, 2.05) is 7.11 Å². The van der Waals surface area contributed by atoms with Gasteiger partial charge in [-0.15, -0.1) is 0 Å². The molecule has 3 heteroatoms. The second-order valence-electron chi connectivity index (χ2n) is 5.69. The fraction of sp³-hybridized carbons (Fsp3) is 1.00. The van der Waals surface area contributed by atoms with Crippen molar-refractivity contribution in [2.24, 2.45) is 0 Å². The summed E-state index contributed by atoms with van der Waals surface area (Å²) in [4.78, 5) is 2.70. The highest BCUT2D eigenvalue weighted by Gasteiger charge is 2.38. The van der Waals surface area contributed by atoms with Crippen LogP contribution in [0.4, 0.5) is 0 Å². The lowest BCUT2D eigenvalue weighted by Gasteiger charge is -2.39. The molecule has 0 bridgehead atoms. The number of methoxy groups -OCH3 is 1. The first-order valence-corrected chi connectivity index (χ1v) is 6.89. The third-order valence-corrected chi connectivity index (χ3v) is 4.73. The predicted octanol–water partition coefficient (Wildman–Crippen LogP) is 1.38. The topological polar surface area (TPSA) is 24.5 Å². The molecule has 3 rings (SSSR count). The Labute approximate surface area is 98.5 Å². The Morgan fingerprint density at radius 2 is 2.00 bits per heavy atom. The van der Waals surface area contributed by atoms with Crippen LogP contribution in [0.25, 0.3) is 0 Å². The van der Waals surface area contributed by atoms with Crippen LogP contribution in [0, 0.1) is 0 Å². The summed E-state index contributed by atoms with van der Waals surface area (Å²) in [5.41, 5.74) is 0. The van der Waals surface area contributed by atoms with Crippen LogP contribution < -0.4 is 5.32 Å². The number of fused-ring (bicyclic) bond motifs is 1. The number of nitrogens with one attached hydrogen (secondary N) is 1. The first kappa shape index (κ1) is 11.0. The molecule has 2 heterocycles. The highest BCUT2D eigenvalue weighted by molar-refractivity contribution is 4.97. The van der Waals surface area contributed by atoms with E-state index in [0.717, 1.165) is 18.1 Å². The minimum Gasteiger partial charge on any atom is -0.381 e. The molecule has 2 saturated heterocycles. The summed E-state index contributed by atoms with van der Waals surface area (Å²) in [6.07, 6.45) is 8.60. The van der Waals surface area contributed by atoms with Gasteiger partial charge in [-0.3, -0.25) is 4.90 Å². The minimum absolute atomic E-state index is 0.529. The molecule has 0 aromatic rings. The number of nitrogens with zero attached hydrogens (tertiary/aromatic N) is 1. The number of ether oxygens (including phenoxy) is 1. The van der Waals surface area contributed by atoms with E-state index in [9.17, 15) is 0 Å². The SMILES string of the molecule is COC1CC(NC2CCN3CCCCC23)C1. The molecular formula is C13H24N2O.